The van der Waals surface area contributed by atoms with Gasteiger partial charge in [0, 0.05) is 0 Å². The predicted molar refractivity (Wildman–Crippen MR) is 66.5 cm³/mol. The maximum atomic E-state index is 4.42. The second kappa shape index (κ2) is 4.47. The zero-order valence-corrected chi connectivity index (χ0v) is 11.7. The van der Waals surface area contributed by atoms with Gasteiger partial charge < -0.3 is 0 Å². The molecule has 1 aromatic rings. The van der Waals surface area contributed by atoms with Crippen LogP contribution in [-0.2, 0) is 0 Å². The quantitative estimate of drug-likeness (QED) is 0.736. The van der Waals surface area contributed by atoms with Gasteiger partial charge in [-0.25, -0.2) is 4.98 Å². The fourth-order valence-electron chi connectivity index (χ4n) is 3.20. The van der Waals surface area contributed by atoms with E-state index >= 15 is 0 Å². The molecule has 0 amide bonds. The highest BCUT2D eigenvalue weighted by Gasteiger charge is 2.46. The van der Waals surface area contributed by atoms with Crippen molar-refractivity contribution in [3.05, 3.63) is 12.7 Å². The summed E-state index contributed by atoms with van der Waals surface area (Å²) in [5.41, 5.74) is 2.04. The van der Waals surface area contributed by atoms with Gasteiger partial charge >= 0.3 is 0 Å². The monoisotopic (exact) mass is 225 g/mol. The summed E-state index contributed by atoms with van der Waals surface area (Å²) in [5, 5.41) is 4.42. The molecule has 0 saturated carbocycles. The Kier molecular flexibility index (Phi) is 3.70. The molecular weight excluding hydrogens is 202 g/mol. The molecule has 0 radical (unpaired) electrons. The fraction of sp³-hybridized carbons (Fsp3) is 0.818. The van der Waals surface area contributed by atoms with Crippen LogP contribution in [0.2, 0.25) is 16.6 Å². The number of nitrogens with zero attached hydrogens (tertiary/aromatic N) is 3. The summed E-state index contributed by atoms with van der Waals surface area (Å²) < 4.78 is 2.19. The van der Waals surface area contributed by atoms with Gasteiger partial charge in [-0.15, -0.1) is 0 Å². The molecule has 3 nitrogen and oxygen atoms in total. The van der Waals surface area contributed by atoms with E-state index in [1.807, 2.05) is 6.33 Å². The molecule has 0 aromatic carbocycles. The van der Waals surface area contributed by atoms with Crippen molar-refractivity contribution < 1.29 is 0 Å². The molecule has 4 heteroatoms. The Balaban J connectivity index is 3.27. The lowest BCUT2D eigenvalue weighted by Crippen LogP contribution is -2.52. The summed E-state index contributed by atoms with van der Waals surface area (Å²) in [6, 6.07) is 0. The first-order valence-electron chi connectivity index (χ1n) is 5.79. The maximum Gasteiger partial charge on any atom is 0.194 e. The van der Waals surface area contributed by atoms with Gasteiger partial charge in [0.1, 0.15) is 12.7 Å². The molecule has 0 aliphatic rings. The molecule has 0 fully saturated rings. The van der Waals surface area contributed by atoms with Crippen molar-refractivity contribution in [2.45, 2.75) is 58.2 Å². The van der Waals surface area contributed by atoms with Crippen molar-refractivity contribution in [1.29, 1.82) is 0 Å². The molecule has 0 spiro atoms. The van der Waals surface area contributed by atoms with Gasteiger partial charge in [-0.1, -0.05) is 41.5 Å². The molecule has 1 aromatic heterocycles. The highest BCUT2D eigenvalue weighted by Crippen LogP contribution is 2.41. The molecule has 86 valence electrons. The number of hydrogen-bond acceptors (Lipinski definition) is 2. The minimum Gasteiger partial charge on any atom is -0.282 e. The Morgan fingerprint density at radius 3 is 1.67 bits per heavy atom. The van der Waals surface area contributed by atoms with E-state index in [0.29, 0.717) is 16.6 Å². The van der Waals surface area contributed by atoms with Crippen LogP contribution in [0, 0.1) is 0 Å². The summed E-state index contributed by atoms with van der Waals surface area (Å²) >= 11 is 0. The molecule has 0 atom stereocenters. The minimum absolute atomic E-state index is 0.680. The third-order valence-electron chi connectivity index (χ3n) is 3.59. The molecule has 1 heterocycles. The smallest absolute Gasteiger partial charge is 0.194 e. The van der Waals surface area contributed by atoms with E-state index in [2.05, 4.69) is 56.0 Å². The molecule has 0 aliphatic carbocycles. The van der Waals surface area contributed by atoms with Crippen molar-refractivity contribution in [2.24, 2.45) is 0 Å². The highest BCUT2D eigenvalue weighted by molar-refractivity contribution is 6.81. The number of aromatic nitrogens is 3. The van der Waals surface area contributed by atoms with E-state index in [9.17, 15) is 0 Å². The highest BCUT2D eigenvalue weighted by atomic mass is 28.3. The topological polar surface area (TPSA) is 30.7 Å². The summed E-state index contributed by atoms with van der Waals surface area (Å²) in [5.74, 6) is 0. The Bertz CT molecular complexity index is 269. The molecule has 0 saturated heterocycles. The summed E-state index contributed by atoms with van der Waals surface area (Å²) in [6.45, 7) is 14.0. The van der Waals surface area contributed by atoms with Crippen molar-refractivity contribution >= 4 is 8.24 Å². The van der Waals surface area contributed by atoms with E-state index < -0.39 is 8.24 Å². The summed E-state index contributed by atoms with van der Waals surface area (Å²) in [4.78, 5) is 4.12. The van der Waals surface area contributed by atoms with Crippen LogP contribution >= 0.6 is 0 Å². The number of rotatable bonds is 4. The van der Waals surface area contributed by atoms with Crippen molar-refractivity contribution in [3.63, 3.8) is 0 Å². The van der Waals surface area contributed by atoms with Crippen LogP contribution in [0.1, 0.15) is 41.5 Å². The molecule has 1 rings (SSSR count). The van der Waals surface area contributed by atoms with Crippen LogP contribution in [0.15, 0.2) is 12.7 Å². The Morgan fingerprint density at radius 1 is 0.933 bits per heavy atom. The van der Waals surface area contributed by atoms with Gasteiger partial charge in [-0.3, -0.25) is 4.35 Å². The third kappa shape index (κ3) is 1.87. The molecule has 0 unspecified atom stereocenters. The van der Waals surface area contributed by atoms with Gasteiger partial charge in [-0.2, -0.15) is 5.10 Å². The second-order valence-electron chi connectivity index (χ2n) is 5.19. The Morgan fingerprint density at radius 2 is 1.40 bits per heavy atom. The second-order valence-corrected chi connectivity index (χ2v) is 10.9. The van der Waals surface area contributed by atoms with Crippen LogP contribution in [-0.4, -0.2) is 22.7 Å². The van der Waals surface area contributed by atoms with Gasteiger partial charge in [0.05, 0.1) is 0 Å². The standard InChI is InChI=1S/C11H23N3Si/c1-9(2)15(10(3)4,11(5)6)14-8-12-7-13-14/h7-11H,1-6H3. The largest absolute Gasteiger partial charge is 0.282 e. The van der Waals surface area contributed by atoms with Gasteiger partial charge in [0.2, 0.25) is 0 Å². The number of hydrogen-bond donors (Lipinski definition) is 0. The minimum atomic E-state index is -1.61. The van der Waals surface area contributed by atoms with Gasteiger partial charge in [0.15, 0.2) is 8.24 Å². The van der Waals surface area contributed by atoms with E-state index in [4.69, 9.17) is 0 Å². The lowest BCUT2D eigenvalue weighted by Gasteiger charge is -2.42. The molecule has 0 bridgehead atoms. The van der Waals surface area contributed by atoms with Crippen LogP contribution in [0.5, 0.6) is 0 Å². The van der Waals surface area contributed by atoms with Crippen molar-refractivity contribution in [3.8, 4) is 0 Å². The lowest BCUT2D eigenvalue weighted by molar-refractivity contribution is 0.724. The summed E-state index contributed by atoms with van der Waals surface area (Å²) in [6.07, 6.45) is 3.57. The lowest BCUT2D eigenvalue weighted by atomic mass is 10.5. The summed E-state index contributed by atoms with van der Waals surface area (Å²) in [7, 11) is -1.61. The fourth-order valence-corrected chi connectivity index (χ4v) is 9.31. The van der Waals surface area contributed by atoms with Crippen molar-refractivity contribution in [1.82, 2.24) is 14.4 Å². The normalized spacial score (nSPS) is 13.1. The van der Waals surface area contributed by atoms with Gasteiger partial charge in [-0.05, 0) is 16.6 Å². The molecule has 0 aliphatic heterocycles. The van der Waals surface area contributed by atoms with Crippen LogP contribution in [0.25, 0.3) is 0 Å². The van der Waals surface area contributed by atoms with E-state index in [0.717, 1.165) is 0 Å². The maximum absolute atomic E-state index is 4.42. The van der Waals surface area contributed by atoms with Crippen LogP contribution in [0.4, 0.5) is 0 Å². The average molecular weight is 225 g/mol. The average Bonchev–Trinajstić information content (AvgIpc) is 2.55. The molecule has 15 heavy (non-hydrogen) atoms. The first-order chi connectivity index (χ1) is 6.94. The SMILES string of the molecule is CC(C)[Si](C(C)C)(C(C)C)n1cncn1. The van der Waals surface area contributed by atoms with Gasteiger partial charge in [0.25, 0.3) is 0 Å². The zero-order valence-electron chi connectivity index (χ0n) is 10.7. The first-order valence-corrected chi connectivity index (χ1v) is 7.97. The van der Waals surface area contributed by atoms with Crippen LogP contribution < -0.4 is 0 Å². The molecule has 0 N–H and O–H groups in total. The zero-order chi connectivity index (χ0) is 11.6. The van der Waals surface area contributed by atoms with E-state index in [1.54, 1.807) is 6.33 Å². The Hall–Kier alpha value is -0.643. The molecular formula is C11H23N3Si. The van der Waals surface area contributed by atoms with E-state index in [-0.39, 0.29) is 0 Å². The van der Waals surface area contributed by atoms with E-state index in [1.165, 1.54) is 0 Å². The first kappa shape index (κ1) is 12.4. The predicted octanol–water partition coefficient (Wildman–Crippen LogP) is 3.30. The van der Waals surface area contributed by atoms with Crippen LogP contribution in [0.3, 0.4) is 0 Å². The van der Waals surface area contributed by atoms with Crippen molar-refractivity contribution in [2.75, 3.05) is 0 Å². The third-order valence-corrected chi connectivity index (χ3v) is 10.2. The Labute approximate surface area is 94.0 Å².